The van der Waals surface area contributed by atoms with Gasteiger partial charge in [-0.05, 0) is 24.5 Å². The third kappa shape index (κ3) is 3.23. The lowest BCUT2D eigenvalue weighted by atomic mass is 9.90. The van der Waals surface area contributed by atoms with Crippen molar-refractivity contribution in [2.45, 2.75) is 51.2 Å². The summed E-state index contributed by atoms with van der Waals surface area (Å²) in [6.45, 7) is 2.43. The lowest BCUT2D eigenvalue weighted by Crippen LogP contribution is -2.52. The molecule has 1 amide bonds. The summed E-state index contributed by atoms with van der Waals surface area (Å²) in [7, 11) is 0. The van der Waals surface area contributed by atoms with Crippen LogP contribution in [0, 0.1) is 0 Å². The Bertz CT molecular complexity index is 448. The minimum atomic E-state index is -1.53. The van der Waals surface area contributed by atoms with Gasteiger partial charge in [0.05, 0.1) is 19.1 Å². The maximum atomic E-state index is 13.7. The van der Waals surface area contributed by atoms with E-state index in [0.717, 1.165) is 18.9 Å². The molecule has 1 heterocycles. The summed E-state index contributed by atoms with van der Waals surface area (Å²) in [4.78, 5) is 16.7. The Morgan fingerprint density at radius 2 is 2.15 bits per heavy atom. The van der Waals surface area contributed by atoms with Crippen molar-refractivity contribution in [3.63, 3.8) is 0 Å². The van der Waals surface area contributed by atoms with Crippen molar-refractivity contribution in [3.05, 3.63) is 23.3 Å². The molecule has 2 aliphatic rings. The number of hydrogen-bond acceptors (Lipinski definition) is 2. The van der Waals surface area contributed by atoms with E-state index >= 15 is 0 Å². The molecule has 0 saturated carbocycles. The molecule has 0 aromatic heterocycles. The molecule has 0 N–H and O–H groups in total. The average molecular weight is 289 g/mol. The Kier molecular flexibility index (Phi) is 4.86. The second-order valence-electron chi connectivity index (χ2n) is 5.11. The zero-order valence-electron chi connectivity index (χ0n) is 11.4. The van der Waals surface area contributed by atoms with Crippen molar-refractivity contribution < 1.29 is 22.8 Å². The first-order valence-electron chi connectivity index (χ1n) is 6.86. The van der Waals surface area contributed by atoms with Crippen LogP contribution < -0.4 is 0 Å². The summed E-state index contributed by atoms with van der Waals surface area (Å²) in [6.07, 6.45) is 1.02. The number of amides is 1. The van der Waals surface area contributed by atoms with Crippen molar-refractivity contribution in [1.29, 1.82) is 0 Å². The third-order valence-corrected chi connectivity index (χ3v) is 3.52. The van der Waals surface area contributed by atoms with E-state index in [1.54, 1.807) is 0 Å². The third-order valence-electron chi connectivity index (χ3n) is 3.52. The van der Waals surface area contributed by atoms with E-state index in [1.807, 2.05) is 6.92 Å². The van der Waals surface area contributed by atoms with E-state index in [2.05, 4.69) is 0 Å². The minimum absolute atomic E-state index is 0.153. The number of β-lactam (4-membered cyclic amide) rings is 1. The van der Waals surface area contributed by atoms with Crippen LogP contribution in [0.5, 0.6) is 0 Å². The van der Waals surface area contributed by atoms with Crippen LogP contribution in [-0.4, -0.2) is 29.8 Å². The molecule has 0 bridgehead atoms. The summed E-state index contributed by atoms with van der Waals surface area (Å²) < 4.78 is 39.7. The molecule has 112 valence electrons. The summed E-state index contributed by atoms with van der Waals surface area (Å²) in [6, 6.07) is -0.280. The summed E-state index contributed by atoms with van der Waals surface area (Å²) in [5.74, 6) is -2.22. The Balaban J connectivity index is 1.93. The van der Waals surface area contributed by atoms with Crippen LogP contribution in [0.4, 0.5) is 13.2 Å². The van der Waals surface area contributed by atoms with E-state index in [0.29, 0.717) is 6.61 Å². The largest absolute Gasteiger partial charge is 0.272 e. The number of allylic oxidation sites excluding steroid dienone is 3. The van der Waals surface area contributed by atoms with E-state index in [4.69, 9.17) is 4.84 Å². The predicted molar refractivity (Wildman–Crippen MR) is 67.6 cm³/mol. The van der Waals surface area contributed by atoms with E-state index < -0.39 is 24.2 Å². The number of carbonyl (C=O) groups excluding carboxylic acids is 1. The van der Waals surface area contributed by atoms with Crippen molar-refractivity contribution in [3.8, 4) is 0 Å². The number of rotatable bonds is 6. The number of halogens is 3. The second-order valence-corrected chi connectivity index (χ2v) is 5.11. The normalized spacial score (nSPS) is 26.7. The molecule has 1 fully saturated rings. The van der Waals surface area contributed by atoms with Gasteiger partial charge in [0, 0.05) is 6.42 Å². The number of carbonyl (C=O) groups is 1. The minimum Gasteiger partial charge on any atom is -0.272 e. The smallest absolute Gasteiger partial charge is 0.248 e. The fraction of sp³-hybridized carbons (Fsp3) is 0.643. The van der Waals surface area contributed by atoms with Gasteiger partial charge in [-0.1, -0.05) is 13.3 Å². The Hall–Kier alpha value is -1.30. The lowest BCUT2D eigenvalue weighted by Gasteiger charge is -2.39. The zero-order chi connectivity index (χ0) is 14.7. The van der Waals surface area contributed by atoms with Gasteiger partial charge in [-0.2, -0.15) is 0 Å². The molecule has 0 radical (unpaired) electrons. The first-order valence-corrected chi connectivity index (χ1v) is 6.86. The van der Waals surface area contributed by atoms with Gasteiger partial charge in [-0.25, -0.2) is 18.2 Å². The van der Waals surface area contributed by atoms with Crippen LogP contribution in [0.1, 0.15) is 39.0 Å². The summed E-state index contributed by atoms with van der Waals surface area (Å²) >= 11 is 0. The lowest BCUT2D eigenvalue weighted by molar-refractivity contribution is -0.227. The quantitative estimate of drug-likeness (QED) is 0.553. The predicted octanol–water partition coefficient (Wildman–Crippen LogP) is 3.53. The first-order chi connectivity index (χ1) is 9.52. The second kappa shape index (κ2) is 6.43. The standard InChI is InChI=1S/C14H18F3NO2/c1-2-3-4-20-18-10(7-14(18)19)5-9-6-12(16)13(17)8-11(9)15/h6,10-11H,2-5,7-8H2,1H3/t10-,11+/m1/s1. The molecule has 1 saturated heterocycles. The topological polar surface area (TPSA) is 29.5 Å². The van der Waals surface area contributed by atoms with Gasteiger partial charge >= 0.3 is 0 Å². The maximum Gasteiger partial charge on any atom is 0.248 e. The van der Waals surface area contributed by atoms with Crippen molar-refractivity contribution >= 4 is 5.91 Å². The maximum absolute atomic E-state index is 13.7. The van der Waals surface area contributed by atoms with Crippen LogP contribution in [0.3, 0.4) is 0 Å². The molecule has 6 heteroatoms. The number of nitrogens with zero attached hydrogens (tertiary/aromatic N) is 1. The molecule has 0 spiro atoms. The monoisotopic (exact) mass is 289 g/mol. The molecule has 20 heavy (non-hydrogen) atoms. The fourth-order valence-corrected chi connectivity index (χ4v) is 2.28. The Morgan fingerprint density at radius 3 is 2.80 bits per heavy atom. The van der Waals surface area contributed by atoms with E-state index in [9.17, 15) is 18.0 Å². The Morgan fingerprint density at radius 1 is 1.40 bits per heavy atom. The van der Waals surface area contributed by atoms with Crippen LogP contribution in [-0.2, 0) is 9.63 Å². The highest BCUT2D eigenvalue weighted by Gasteiger charge is 2.39. The average Bonchev–Trinajstić information content (AvgIpc) is 2.40. The fourth-order valence-electron chi connectivity index (χ4n) is 2.28. The highest BCUT2D eigenvalue weighted by atomic mass is 19.2. The molecule has 1 aliphatic carbocycles. The van der Waals surface area contributed by atoms with Gasteiger partial charge in [0.1, 0.15) is 12.0 Å². The number of alkyl halides is 1. The molecule has 1 aliphatic heterocycles. The molecular weight excluding hydrogens is 271 g/mol. The van der Waals surface area contributed by atoms with E-state index in [-0.39, 0.29) is 30.4 Å². The number of hydrogen-bond donors (Lipinski definition) is 0. The molecule has 2 rings (SSSR count). The molecule has 3 nitrogen and oxygen atoms in total. The van der Waals surface area contributed by atoms with Gasteiger partial charge in [-0.3, -0.25) is 9.63 Å². The SMILES string of the molecule is CCCCON1C(=O)C[C@H]1CC1=CC(F)=C(F)C[C@@H]1F. The highest BCUT2D eigenvalue weighted by Crippen LogP contribution is 2.34. The van der Waals surface area contributed by atoms with Crippen LogP contribution in [0.15, 0.2) is 23.3 Å². The highest BCUT2D eigenvalue weighted by molar-refractivity contribution is 5.82. The Labute approximate surface area is 116 Å². The molecule has 2 atom stereocenters. The van der Waals surface area contributed by atoms with Crippen LogP contribution >= 0.6 is 0 Å². The van der Waals surface area contributed by atoms with Gasteiger partial charge in [0.25, 0.3) is 0 Å². The zero-order valence-corrected chi connectivity index (χ0v) is 11.4. The first kappa shape index (κ1) is 15.1. The molecule has 0 unspecified atom stereocenters. The molecule has 0 aromatic carbocycles. The molecule has 0 aromatic rings. The van der Waals surface area contributed by atoms with Gasteiger partial charge in [0.2, 0.25) is 5.91 Å². The number of hydroxylamine groups is 2. The summed E-state index contributed by atoms with van der Waals surface area (Å²) in [5, 5.41) is 1.23. The number of unbranched alkanes of at least 4 members (excludes halogenated alkanes) is 1. The van der Waals surface area contributed by atoms with Crippen LogP contribution in [0.25, 0.3) is 0 Å². The van der Waals surface area contributed by atoms with Crippen LogP contribution in [0.2, 0.25) is 0 Å². The van der Waals surface area contributed by atoms with E-state index in [1.165, 1.54) is 5.06 Å². The van der Waals surface area contributed by atoms with Crippen molar-refractivity contribution in [1.82, 2.24) is 5.06 Å². The van der Waals surface area contributed by atoms with Crippen molar-refractivity contribution in [2.75, 3.05) is 6.61 Å². The van der Waals surface area contributed by atoms with Gasteiger partial charge in [-0.15, -0.1) is 0 Å². The van der Waals surface area contributed by atoms with Gasteiger partial charge < -0.3 is 0 Å². The van der Waals surface area contributed by atoms with Gasteiger partial charge in [0.15, 0.2) is 5.83 Å². The summed E-state index contributed by atoms with van der Waals surface area (Å²) in [5.41, 5.74) is 0.186. The van der Waals surface area contributed by atoms with Crippen molar-refractivity contribution in [2.24, 2.45) is 0 Å². The molecular formula is C14H18F3NO2.